The molecule has 7 heteroatoms. The third-order valence-electron chi connectivity index (χ3n) is 2.96. The van der Waals surface area contributed by atoms with Gasteiger partial charge in [-0.1, -0.05) is 0 Å². The fraction of sp³-hybridized carbons (Fsp3) is 0.312. The number of benzene rings is 1. The summed E-state index contributed by atoms with van der Waals surface area (Å²) < 4.78 is 10.4. The van der Waals surface area contributed by atoms with Gasteiger partial charge < -0.3 is 20.1 Å². The number of carbonyl (C=O) groups is 1. The average molecular weight is 316 g/mol. The maximum absolute atomic E-state index is 12.4. The second-order valence-corrected chi connectivity index (χ2v) is 5.08. The van der Waals surface area contributed by atoms with Gasteiger partial charge in [0.2, 0.25) is 5.95 Å². The van der Waals surface area contributed by atoms with E-state index in [4.69, 9.17) is 9.47 Å². The first-order valence-corrected chi connectivity index (χ1v) is 7.16. The molecule has 0 aliphatic carbocycles. The van der Waals surface area contributed by atoms with Gasteiger partial charge in [-0.2, -0.15) is 0 Å². The molecule has 0 aliphatic heterocycles. The molecule has 2 rings (SSSR count). The molecule has 2 aromatic rings. The molecular formula is C16H20N4O3. The Morgan fingerprint density at radius 1 is 1.17 bits per heavy atom. The number of nitrogens with one attached hydrogen (secondary N) is 2. The normalized spacial score (nSPS) is 10.3. The number of rotatable bonds is 6. The number of hydrogen-bond donors (Lipinski definition) is 2. The van der Waals surface area contributed by atoms with Gasteiger partial charge in [0, 0.05) is 18.3 Å². The molecule has 0 saturated heterocycles. The van der Waals surface area contributed by atoms with Crippen LogP contribution in [0.1, 0.15) is 24.3 Å². The van der Waals surface area contributed by atoms with E-state index in [2.05, 4.69) is 20.6 Å². The Balaban J connectivity index is 2.19. The molecular weight excluding hydrogens is 296 g/mol. The molecule has 1 heterocycles. The molecule has 0 aliphatic rings. The van der Waals surface area contributed by atoms with Crippen LogP contribution in [0, 0.1) is 0 Å². The lowest BCUT2D eigenvalue weighted by Gasteiger charge is -2.12. The van der Waals surface area contributed by atoms with Gasteiger partial charge in [0.25, 0.3) is 5.91 Å². The molecule has 1 amide bonds. The minimum absolute atomic E-state index is 0.176. The zero-order valence-corrected chi connectivity index (χ0v) is 13.6. The van der Waals surface area contributed by atoms with Crippen molar-refractivity contribution in [2.24, 2.45) is 0 Å². The fourth-order valence-corrected chi connectivity index (χ4v) is 1.90. The van der Waals surface area contributed by atoms with Crippen LogP contribution in [0.4, 0.5) is 11.6 Å². The highest BCUT2D eigenvalue weighted by Crippen LogP contribution is 2.29. The summed E-state index contributed by atoms with van der Waals surface area (Å²) in [4.78, 5) is 20.6. The van der Waals surface area contributed by atoms with Crippen molar-refractivity contribution < 1.29 is 14.3 Å². The van der Waals surface area contributed by atoms with Crippen LogP contribution in [-0.2, 0) is 0 Å². The molecule has 1 aromatic carbocycles. The van der Waals surface area contributed by atoms with Crippen molar-refractivity contribution in [3.05, 3.63) is 36.2 Å². The quantitative estimate of drug-likeness (QED) is 0.852. The van der Waals surface area contributed by atoms with Crippen LogP contribution in [-0.4, -0.2) is 36.1 Å². The average Bonchev–Trinajstić information content (AvgIpc) is 2.54. The first-order chi connectivity index (χ1) is 11.0. The minimum atomic E-state index is -0.345. The number of methoxy groups -OCH3 is 2. The molecule has 1 aromatic heterocycles. The van der Waals surface area contributed by atoms with Gasteiger partial charge in [-0.05, 0) is 32.0 Å². The zero-order valence-electron chi connectivity index (χ0n) is 13.6. The lowest BCUT2D eigenvalue weighted by Crippen LogP contribution is -2.17. The van der Waals surface area contributed by atoms with Crippen molar-refractivity contribution in [2.75, 3.05) is 24.9 Å². The Labute approximate surface area is 135 Å². The summed E-state index contributed by atoms with van der Waals surface area (Å²) in [5.74, 6) is 1.22. The van der Waals surface area contributed by atoms with E-state index in [0.29, 0.717) is 23.1 Å². The van der Waals surface area contributed by atoms with E-state index < -0.39 is 0 Å². The van der Waals surface area contributed by atoms with E-state index in [1.54, 1.807) is 31.4 Å². The number of ether oxygens (including phenoxy) is 2. The largest absolute Gasteiger partial charge is 0.497 e. The van der Waals surface area contributed by atoms with Gasteiger partial charge in [0.1, 0.15) is 17.2 Å². The van der Waals surface area contributed by atoms with Crippen LogP contribution in [0.5, 0.6) is 11.5 Å². The number of aromatic nitrogens is 2. The van der Waals surface area contributed by atoms with E-state index in [1.165, 1.54) is 13.3 Å². The van der Waals surface area contributed by atoms with E-state index in [1.807, 2.05) is 13.8 Å². The molecule has 23 heavy (non-hydrogen) atoms. The van der Waals surface area contributed by atoms with E-state index in [0.717, 1.165) is 0 Å². The van der Waals surface area contributed by atoms with Gasteiger partial charge >= 0.3 is 0 Å². The SMILES string of the molecule is COc1ccc(NC(=O)c2ccnc(NC(C)C)n2)c(OC)c1. The van der Waals surface area contributed by atoms with Crippen molar-refractivity contribution in [1.29, 1.82) is 0 Å². The predicted octanol–water partition coefficient (Wildman–Crippen LogP) is 2.57. The smallest absolute Gasteiger partial charge is 0.274 e. The van der Waals surface area contributed by atoms with Crippen LogP contribution in [0.15, 0.2) is 30.5 Å². The summed E-state index contributed by atoms with van der Waals surface area (Å²) in [6.07, 6.45) is 1.54. The Hall–Kier alpha value is -2.83. The minimum Gasteiger partial charge on any atom is -0.497 e. The topological polar surface area (TPSA) is 85.4 Å². The van der Waals surface area contributed by atoms with Crippen LogP contribution in [0.3, 0.4) is 0 Å². The molecule has 0 atom stereocenters. The van der Waals surface area contributed by atoms with Gasteiger partial charge in [-0.3, -0.25) is 4.79 Å². The third kappa shape index (κ3) is 4.32. The Morgan fingerprint density at radius 2 is 1.96 bits per heavy atom. The maximum Gasteiger partial charge on any atom is 0.274 e. The molecule has 122 valence electrons. The van der Waals surface area contributed by atoms with Crippen molar-refractivity contribution in [3.8, 4) is 11.5 Å². The van der Waals surface area contributed by atoms with Crippen LogP contribution >= 0.6 is 0 Å². The van der Waals surface area contributed by atoms with Gasteiger partial charge in [-0.25, -0.2) is 9.97 Å². The van der Waals surface area contributed by atoms with Crippen LogP contribution in [0.2, 0.25) is 0 Å². The second-order valence-electron chi connectivity index (χ2n) is 5.08. The summed E-state index contributed by atoms with van der Waals surface area (Å²) in [6, 6.07) is 6.88. The molecule has 2 N–H and O–H groups in total. The third-order valence-corrected chi connectivity index (χ3v) is 2.96. The molecule has 0 bridgehead atoms. The van der Waals surface area contributed by atoms with E-state index in [-0.39, 0.29) is 17.6 Å². The monoisotopic (exact) mass is 316 g/mol. The lowest BCUT2D eigenvalue weighted by molar-refractivity contribution is 0.102. The molecule has 0 unspecified atom stereocenters. The fourth-order valence-electron chi connectivity index (χ4n) is 1.90. The summed E-state index contributed by atoms with van der Waals surface area (Å²) in [5.41, 5.74) is 0.802. The van der Waals surface area contributed by atoms with E-state index >= 15 is 0 Å². The van der Waals surface area contributed by atoms with Gasteiger partial charge in [0.05, 0.1) is 19.9 Å². The van der Waals surface area contributed by atoms with Crippen LogP contribution in [0.25, 0.3) is 0 Å². The van der Waals surface area contributed by atoms with Crippen molar-refractivity contribution in [1.82, 2.24) is 9.97 Å². The zero-order chi connectivity index (χ0) is 16.8. The van der Waals surface area contributed by atoms with Crippen molar-refractivity contribution in [2.45, 2.75) is 19.9 Å². The van der Waals surface area contributed by atoms with Gasteiger partial charge in [-0.15, -0.1) is 0 Å². The maximum atomic E-state index is 12.4. The highest BCUT2D eigenvalue weighted by molar-refractivity contribution is 6.03. The van der Waals surface area contributed by atoms with E-state index in [9.17, 15) is 4.79 Å². The summed E-state index contributed by atoms with van der Waals surface area (Å²) in [7, 11) is 3.09. The summed E-state index contributed by atoms with van der Waals surface area (Å²) in [5, 5.41) is 5.83. The second kappa shape index (κ2) is 7.44. The highest BCUT2D eigenvalue weighted by Gasteiger charge is 2.13. The Kier molecular flexibility index (Phi) is 5.35. The van der Waals surface area contributed by atoms with Gasteiger partial charge in [0.15, 0.2) is 0 Å². The van der Waals surface area contributed by atoms with Crippen molar-refractivity contribution >= 4 is 17.5 Å². The number of anilines is 2. The molecule has 7 nitrogen and oxygen atoms in total. The highest BCUT2D eigenvalue weighted by atomic mass is 16.5. The number of nitrogens with zero attached hydrogens (tertiary/aromatic N) is 2. The number of carbonyl (C=O) groups excluding carboxylic acids is 1. The number of hydrogen-bond acceptors (Lipinski definition) is 6. The summed E-state index contributed by atoms with van der Waals surface area (Å²) >= 11 is 0. The predicted molar refractivity (Wildman–Crippen MR) is 88.3 cm³/mol. The first kappa shape index (κ1) is 16.5. The molecule has 0 spiro atoms. The molecule has 0 fully saturated rings. The lowest BCUT2D eigenvalue weighted by atomic mass is 10.2. The first-order valence-electron chi connectivity index (χ1n) is 7.16. The van der Waals surface area contributed by atoms with Crippen LogP contribution < -0.4 is 20.1 Å². The molecule has 0 radical (unpaired) electrons. The Bertz CT molecular complexity index is 689. The molecule has 0 saturated carbocycles. The summed E-state index contributed by atoms with van der Waals surface area (Å²) in [6.45, 7) is 3.94. The van der Waals surface area contributed by atoms with Crippen molar-refractivity contribution in [3.63, 3.8) is 0 Å². The number of amides is 1. The Morgan fingerprint density at radius 3 is 2.61 bits per heavy atom. The standard InChI is InChI=1S/C16H20N4O3/c1-10(2)18-16-17-8-7-13(20-16)15(21)19-12-6-5-11(22-3)9-14(12)23-4/h5-10H,1-4H3,(H,19,21)(H,17,18,20).